The van der Waals surface area contributed by atoms with Crippen molar-refractivity contribution in [3.05, 3.63) is 0 Å². The normalized spacial score (nSPS) is 11.8. The molecular weight excluding hydrogens is 166 g/mol. The molecule has 0 spiro atoms. The molecule has 3 nitrogen and oxygen atoms in total. The van der Waals surface area contributed by atoms with Gasteiger partial charge in [-0.2, -0.15) is 0 Å². The summed E-state index contributed by atoms with van der Waals surface area (Å²) >= 11 is 0. The molecule has 1 unspecified atom stereocenters. The van der Waals surface area contributed by atoms with Gasteiger partial charge in [-0.3, -0.25) is 4.79 Å². The largest absolute Gasteiger partial charge is 0.468 e. The lowest BCUT2D eigenvalue weighted by atomic mass is 10.1. The standard InChI is InChI=1S/C10H17NO2/c1-3-4-5-6-7-8-9(11)10(12)13-2/h1,9H,4-8,11H2,2H3. The van der Waals surface area contributed by atoms with Gasteiger partial charge in [-0.15, -0.1) is 12.3 Å². The molecule has 0 saturated heterocycles. The van der Waals surface area contributed by atoms with E-state index < -0.39 is 6.04 Å². The molecule has 3 heteroatoms. The molecule has 0 radical (unpaired) electrons. The van der Waals surface area contributed by atoms with Crippen LogP contribution in [-0.4, -0.2) is 19.1 Å². The van der Waals surface area contributed by atoms with E-state index in [4.69, 9.17) is 12.2 Å². The minimum atomic E-state index is -0.476. The van der Waals surface area contributed by atoms with Crippen molar-refractivity contribution < 1.29 is 9.53 Å². The molecule has 2 N–H and O–H groups in total. The van der Waals surface area contributed by atoms with Crippen molar-refractivity contribution in [2.24, 2.45) is 5.73 Å². The third-order valence-electron chi connectivity index (χ3n) is 1.84. The number of esters is 1. The second-order valence-electron chi connectivity index (χ2n) is 2.93. The number of ether oxygens (including phenoxy) is 1. The number of unbranched alkanes of at least 4 members (excludes halogenated alkanes) is 3. The quantitative estimate of drug-likeness (QED) is 0.381. The van der Waals surface area contributed by atoms with E-state index in [-0.39, 0.29) is 5.97 Å². The first-order valence-corrected chi connectivity index (χ1v) is 4.49. The van der Waals surface area contributed by atoms with Gasteiger partial charge >= 0.3 is 5.97 Å². The predicted molar refractivity (Wildman–Crippen MR) is 51.9 cm³/mol. The molecule has 0 amide bonds. The van der Waals surface area contributed by atoms with Crippen LogP contribution in [0.4, 0.5) is 0 Å². The van der Waals surface area contributed by atoms with Gasteiger partial charge in [0, 0.05) is 6.42 Å². The number of hydrogen-bond donors (Lipinski definition) is 1. The monoisotopic (exact) mass is 183 g/mol. The summed E-state index contributed by atoms with van der Waals surface area (Å²) in [6.45, 7) is 0. The summed E-state index contributed by atoms with van der Waals surface area (Å²) in [7, 11) is 1.35. The van der Waals surface area contributed by atoms with Gasteiger partial charge in [-0.1, -0.05) is 12.8 Å². The Labute approximate surface area is 79.6 Å². The van der Waals surface area contributed by atoms with Crippen LogP contribution in [0.5, 0.6) is 0 Å². The number of methoxy groups -OCH3 is 1. The van der Waals surface area contributed by atoms with Gasteiger partial charge in [0.15, 0.2) is 0 Å². The minimum Gasteiger partial charge on any atom is -0.468 e. The smallest absolute Gasteiger partial charge is 0.322 e. The zero-order valence-electron chi connectivity index (χ0n) is 8.08. The zero-order chi connectivity index (χ0) is 10.1. The van der Waals surface area contributed by atoms with Gasteiger partial charge in [0.1, 0.15) is 6.04 Å². The van der Waals surface area contributed by atoms with Crippen LogP contribution in [0.2, 0.25) is 0 Å². The molecule has 0 heterocycles. The van der Waals surface area contributed by atoms with E-state index >= 15 is 0 Å². The molecule has 0 bridgehead atoms. The molecule has 0 aromatic carbocycles. The molecule has 0 aliphatic carbocycles. The molecule has 1 atom stereocenters. The van der Waals surface area contributed by atoms with E-state index in [1.54, 1.807) is 0 Å². The van der Waals surface area contributed by atoms with Crippen molar-refractivity contribution in [2.45, 2.75) is 38.1 Å². The highest BCUT2D eigenvalue weighted by Crippen LogP contribution is 2.04. The summed E-state index contributed by atoms with van der Waals surface area (Å²) in [5, 5.41) is 0. The Hall–Kier alpha value is -1.01. The van der Waals surface area contributed by atoms with Crippen LogP contribution in [-0.2, 0) is 9.53 Å². The highest BCUT2D eigenvalue weighted by atomic mass is 16.5. The lowest BCUT2D eigenvalue weighted by Gasteiger charge is -2.07. The second-order valence-corrected chi connectivity index (χ2v) is 2.93. The Kier molecular flexibility index (Phi) is 7.04. The van der Waals surface area contributed by atoms with Gasteiger partial charge in [0.2, 0.25) is 0 Å². The van der Waals surface area contributed by atoms with E-state index in [2.05, 4.69) is 10.7 Å². The fourth-order valence-electron chi connectivity index (χ4n) is 1.04. The summed E-state index contributed by atoms with van der Waals surface area (Å²) in [6.07, 6.45) is 9.52. The van der Waals surface area contributed by atoms with Crippen LogP contribution in [0.25, 0.3) is 0 Å². The van der Waals surface area contributed by atoms with Crippen molar-refractivity contribution in [2.75, 3.05) is 7.11 Å². The number of carbonyl (C=O) groups excluding carboxylic acids is 1. The van der Waals surface area contributed by atoms with Crippen molar-refractivity contribution >= 4 is 5.97 Å². The zero-order valence-corrected chi connectivity index (χ0v) is 8.08. The summed E-state index contributed by atoms with van der Waals surface area (Å²) in [4.78, 5) is 10.9. The number of hydrogen-bond acceptors (Lipinski definition) is 3. The SMILES string of the molecule is C#CCCCCCC(N)C(=O)OC. The van der Waals surface area contributed by atoms with E-state index in [1.165, 1.54) is 7.11 Å². The van der Waals surface area contributed by atoms with E-state index in [9.17, 15) is 4.79 Å². The maximum Gasteiger partial charge on any atom is 0.322 e. The van der Waals surface area contributed by atoms with E-state index in [0.29, 0.717) is 6.42 Å². The van der Waals surface area contributed by atoms with Crippen molar-refractivity contribution in [1.82, 2.24) is 0 Å². The van der Waals surface area contributed by atoms with Crippen LogP contribution >= 0.6 is 0 Å². The molecule has 0 saturated carbocycles. The van der Waals surface area contributed by atoms with Crippen LogP contribution < -0.4 is 5.73 Å². The first-order valence-electron chi connectivity index (χ1n) is 4.49. The van der Waals surface area contributed by atoms with Crippen LogP contribution in [0.15, 0.2) is 0 Å². The predicted octanol–water partition coefficient (Wildman–Crippen LogP) is 1.07. The summed E-state index contributed by atoms with van der Waals surface area (Å²) < 4.78 is 4.49. The molecule has 13 heavy (non-hydrogen) atoms. The summed E-state index contributed by atoms with van der Waals surface area (Å²) in [5.74, 6) is 2.23. The maximum absolute atomic E-state index is 10.9. The Morgan fingerprint density at radius 2 is 2.23 bits per heavy atom. The third kappa shape index (κ3) is 6.18. The van der Waals surface area contributed by atoms with Gasteiger partial charge in [0.25, 0.3) is 0 Å². The minimum absolute atomic E-state index is 0.336. The van der Waals surface area contributed by atoms with Crippen LogP contribution in [0, 0.1) is 12.3 Å². The second kappa shape index (κ2) is 7.63. The third-order valence-corrected chi connectivity index (χ3v) is 1.84. The van der Waals surface area contributed by atoms with E-state index in [1.807, 2.05) is 0 Å². The Morgan fingerprint density at radius 1 is 1.54 bits per heavy atom. The molecule has 0 fully saturated rings. The first kappa shape index (κ1) is 12.0. The van der Waals surface area contributed by atoms with Gasteiger partial charge in [-0.05, 0) is 12.8 Å². The fraction of sp³-hybridized carbons (Fsp3) is 0.700. The lowest BCUT2D eigenvalue weighted by Crippen LogP contribution is -2.31. The number of carbonyl (C=O) groups is 1. The highest BCUT2D eigenvalue weighted by Gasteiger charge is 2.11. The maximum atomic E-state index is 10.9. The van der Waals surface area contributed by atoms with Crippen LogP contribution in [0.3, 0.4) is 0 Å². The summed E-state index contributed by atoms with van der Waals surface area (Å²) in [5.41, 5.74) is 5.53. The molecule has 0 aliphatic rings. The van der Waals surface area contributed by atoms with Crippen molar-refractivity contribution in [3.8, 4) is 12.3 Å². The van der Waals surface area contributed by atoms with Gasteiger partial charge in [0.05, 0.1) is 7.11 Å². The average molecular weight is 183 g/mol. The number of rotatable bonds is 6. The van der Waals surface area contributed by atoms with Gasteiger partial charge < -0.3 is 10.5 Å². The molecule has 0 aromatic heterocycles. The Bertz CT molecular complexity index is 184. The Morgan fingerprint density at radius 3 is 2.77 bits per heavy atom. The highest BCUT2D eigenvalue weighted by molar-refractivity contribution is 5.75. The Balaban J connectivity index is 3.32. The van der Waals surface area contributed by atoms with Crippen molar-refractivity contribution in [3.63, 3.8) is 0 Å². The van der Waals surface area contributed by atoms with Gasteiger partial charge in [-0.25, -0.2) is 0 Å². The number of nitrogens with two attached hydrogens (primary N) is 1. The first-order chi connectivity index (χ1) is 6.22. The van der Waals surface area contributed by atoms with Crippen LogP contribution in [0.1, 0.15) is 32.1 Å². The molecular formula is C10H17NO2. The van der Waals surface area contributed by atoms with Crippen molar-refractivity contribution in [1.29, 1.82) is 0 Å². The average Bonchev–Trinajstić information content (AvgIpc) is 2.16. The topological polar surface area (TPSA) is 52.3 Å². The molecule has 0 rings (SSSR count). The molecule has 74 valence electrons. The lowest BCUT2D eigenvalue weighted by molar-refractivity contribution is -0.142. The summed E-state index contributed by atoms with van der Waals surface area (Å²) in [6, 6.07) is -0.476. The molecule has 0 aliphatic heterocycles. The fourth-order valence-corrected chi connectivity index (χ4v) is 1.04. The van der Waals surface area contributed by atoms with E-state index in [0.717, 1.165) is 25.7 Å². The number of terminal acetylenes is 1. The molecule has 0 aromatic rings.